The fraction of sp³-hybridized carbons (Fsp3) is 0.154. The summed E-state index contributed by atoms with van der Waals surface area (Å²) in [5.74, 6) is 0.894. The van der Waals surface area contributed by atoms with Gasteiger partial charge in [0.1, 0.15) is 0 Å². The van der Waals surface area contributed by atoms with Crippen molar-refractivity contribution in [2.24, 2.45) is 0 Å². The molecule has 2 nitrogen and oxygen atoms in total. The summed E-state index contributed by atoms with van der Waals surface area (Å²) < 4.78 is 1.00. The molecule has 0 aliphatic heterocycles. The van der Waals surface area contributed by atoms with Gasteiger partial charge in [-0.15, -0.1) is 11.8 Å². The molecule has 0 aliphatic rings. The second-order valence-electron chi connectivity index (χ2n) is 3.73. The predicted octanol–water partition coefficient (Wildman–Crippen LogP) is 4.03. The first kappa shape index (κ1) is 12.5. The molecule has 1 aromatic heterocycles. The van der Waals surface area contributed by atoms with E-state index in [2.05, 4.69) is 33.9 Å². The fourth-order valence-electron chi connectivity index (χ4n) is 1.46. The molecule has 1 aromatic carbocycles. The molecule has 2 aromatic rings. The number of hydrogen-bond donors (Lipinski definition) is 1. The van der Waals surface area contributed by atoms with Gasteiger partial charge in [0.25, 0.3) is 0 Å². The number of nitrogen functional groups attached to an aromatic ring is 1. The zero-order chi connectivity index (χ0) is 12.3. The Balaban J connectivity index is 2.07. The van der Waals surface area contributed by atoms with E-state index in [1.807, 2.05) is 30.5 Å². The summed E-state index contributed by atoms with van der Waals surface area (Å²) in [7, 11) is 0. The molecule has 2 rings (SSSR count). The zero-order valence-electron chi connectivity index (χ0n) is 9.48. The topological polar surface area (TPSA) is 38.9 Å². The van der Waals surface area contributed by atoms with Crippen LogP contribution >= 0.6 is 27.7 Å². The molecule has 0 spiro atoms. The molecule has 1 heterocycles. The number of nitrogens with zero attached hydrogens (tertiary/aromatic N) is 1. The lowest BCUT2D eigenvalue weighted by Gasteiger charge is -2.07. The number of pyridine rings is 1. The van der Waals surface area contributed by atoms with E-state index < -0.39 is 0 Å². The minimum absolute atomic E-state index is 0.854. The van der Waals surface area contributed by atoms with Crippen LogP contribution in [0, 0.1) is 6.92 Å². The Morgan fingerprint density at radius 2 is 2.12 bits per heavy atom. The van der Waals surface area contributed by atoms with E-state index in [1.165, 1.54) is 5.56 Å². The SMILES string of the molecule is Cc1c(N)cccc1CSc1ccc(Br)cn1. The Morgan fingerprint density at radius 3 is 2.82 bits per heavy atom. The molecular formula is C13H13BrN2S. The maximum Gasteiger partial charge on any atom is 0.0963 e. The molecule has 0 saturated carbocycles. The predicted molar refractivity (Wildman–Crippen MR) is 77.1 cm³/mol. The standard InChI is InChI=1S/C13H13BrN2S/c1-9-10(3-2-4-12(9)15)8-17-13-6-5-11(14)7-16-13/h2-7H,8,15H2,1H3. The van der Waals surface area contributed by atoms with Crippen LogP contribution in [-0.2, 0) is 5.75 Å². The molecule has 0 unspecified atom stereocenters. The average molecular weight is 309 g/mol. The number of anilines is 1. The average Bonchev–Trinajstić information content (AvgIpc) is 2.33. The van der Waals surface area contributed by atoms with Crippen molar-refractivity contribution < 1.29 is 0 Å². The number of aromatic nitrogens is 1. The van der Waals surface area contributed by atoms with Crippen LogP contribution < -0.4 is 5.73 Å². The number of nitrogens with two attached hydrogens (primary N) is 1. The maximum atomic E-state index is 5.88. The van der Waals surface area contributed by atoms with Crippen LogP contribution in [0.1, 0.15) is 11.1 Å². The van der Waals surface area contributed by atoms with Gasteiger partial charge in [0.05, 0.1) is 5.03 Å². The Bertz CT molecular complexity index is 511. The molecule has 0 saturated heterocycles. The quantitative estimate of drug-likeness (QED) is 0.687. The molecule has 2 N–H and O–H groups in total. The first-order valence-corrected chi connectivity index (χ1v) is 7.03. The van der Waals surface area contributed by atoms with E-state index in [4.69, 9.17) is 5.73 Å². The fourth-order valence-corrected chi connectivity index (χ4v) is 2.60. The second kappa shape index (κ2) is 5.56. The first-order valence-electron chi connectivity index (χ1n) is 5.25. The highest BCUT2D eigenvalue weighted by Gasteiger charge is 2.02. The van der Waals surface area contributed by atoms with Gasteiger partial charge in [-0.1, -0.05) is 12.1 Å². The van der Waals surface area contributed by atoms with E-state index in [0.29, 0.717) is 0 Å². The van der Waals surface area contributed by atoms with Crippen molar-refractivity contribution in [2.75, 3.05) is 5.73 Å². The van der Waals surface area contributed by atoms with Crippen molar-refractivity contribution in [3.05, 3.63) is 52.1 Å². The molecule has 0 aliphatic carbocycles. The Labute approximate surface area is 114 Å². The van der Waals surface area contributed by atoms with Crippen LogP contribution in [0.15, 0.2) is 46.0 Å². The molecule has 88 valence electrons. The van der Waals surface area contributed by atoms with Crippen LogP contribution in [0.4, 0.5) is 5.69 Å². The van der Waals surface area contributed by atoms with E-state index in [-0.39, 0.29) is 0 Å². The van der Waals surface area contributed by atoms with E-state index in [0.717, 1.165) is 26.5 Å². The Kier molecular flexibility index (Phi) is 4.07. The van der Waals surface area contributed by atoms with Crippen molar-refractivity contribution in [3.8, 4) is 0 Å². The van der Waals surface area contributed by atoms with Gasteiger partial charge < -0.3 is 5.73 Å². The van der Waals surface area contributed by atoms with Crippen LogP contribution in [-0.4, -0.2) is 4.98 Å². The van der Waals surface area contributed by atoms with Crippen molar-refractivity contribution in [2.45, 2.75) is 17.7 Å². The summed E-state index contributed by atoms with van der Waals surface area (Å²) in [4.78, 5) is 4.33. The largest absolute Gasteiger partial charge is 0.399 e. The lowest BCUT2D eigenvalue weighted by atomic mass is 10.1. The number of halogens is 1. The van der Waals surface area contributed by atoms with Gasteiger partial charge in [0, 0.05) is 22.1 Å². The van der Waals surface area contributed by atoms with Crippen LogP contribution in [0.2, 0.25) is 0 Å². The Hall–Kier alpha value is -1.00. The number of hydrogen-bond acceptors (Lipinski definition) is 3. The third kappa shape index (κ3) is 3.23. The van der Waals surface area contributed by atoms with Crippen molar-refractivity contribution in [3.63, 3.8) is 0 Å². The first-order chi connectivity index (χ1) is 8.16. The highest BCUT2D eigenvalue weighted by molar-refractivity contribution is 9.10. The van der Waals surface area contributed by atoms with Gasteiger partial charge in [0.2, 0.25) is 0 Å². The van der Waals surface area contributed by atoms with E-state index >= 15 is 0 Å². The molecule has 0 amide bonds. The lowest BCUT2D eigenvalue weighted by molar-refractivity contribution is 1.12. The summed E-state index contributed by atoms with van der Waals surface area (Å²) in [6.45, 7) is 2.06. The molecule has 0 atom stereocenters. The summed E-state index contributed by atoms with van der Waals surface area (Å²) in [6, 6.07) is 10.0. The minimum Gasteiger partial charge on any atom is -0.399 e. The van der Waals surface area contributed by atoms with Crippen molar-refractivity contribution >= 4 is 33.4 Å². The van der Waals surface area contributed by atoms with Gasteiger partial charge in [-0.05, 0) is 52.2 Å². The van der Waals surface area contributed by atoms with Crippen LogP contribution in [0.5, 0.6) is 0 Å². The van der Waals surface area contributed by atoms with Gasteiger partial charge >= 0.3 is 0 Å². The minimum atomic E-state index is 0.854. The van der Waals surface area contributed by atoms with Gasteiger partial charge in [-0.25, -0.2) is 4.98 Å². The number of benzene rings is 1. The van der Waals surface area contributed by atoms with Crippen molar-refractivity contribution in [1.29, 1.82) is 0 Å². The highest BCUT2D eigenvalue weighted by atomic mass is 79.9. The van der Waals surface area contributed by atoms with Crippen LogP contribution in [0.3, 0.4) is 0 Å². The van der Waals surface area contributed by atoms with Gasteiger partial charge in [0.15, 0.2) is 0 Å². The second-order valence-corrected chi connectivity index (χ2v) is 5.65. The maximum absolute atomic E-state index is 5.88. The normalized spacial score (nSPS) is 10.5. The summed E-state index contributed by atoms with van der Waals surface area (Å²) in [5, 5.41) is 1.02. The zero-order valence-corrected chi connectivity index (χ0v) is 11.9. The molecule has 0 bridgehead atoms. The summed E-state index contributed by atoms with van der Waals surface area (Å²) in [6.07, 6.45) is 1.81. The lowest BCUT2D eigenvalue weighted by Crippen LogP contribution is -1.94. The van der Waals surface area contributed by atoms with Gasteiger partial charge in [-0.3, -0.25) is 0 Å². The summed E-state index contributed by atoms with van der Waals surface area (Å²) in [5.41, 5.74) is 9.16. The third-order valence-corrected chi connectivity index (χ3v) is 4.03. The molecule has 17 heavy (non-hydrogen) atoms. The molecule has 0 fully saturated rings. The monoisotopic (exact) mass is 308 g/mol. The number of thioether (sulfide) groups is 1. The summed E-state index contributed by atoms with van der Waals surface area (Å²) >= 11 is 5.09. The highest BCUT2D eigenvalue weighted by Crippen LogP contribution is 2.25. The van der Waals surface area contributed by atoms with Crippen molar-refractivity contribution in [1.82, 2.24) is 4.98 Å². The molecular weight excluding hydrogens is 296 g/mol. The van der Waals surface area contributed by atoms with E-state index in [1.54, 1.807) is 11.8 Å². The Morgan fingerprint density at radius 1 is 1.29 bits per heavy atom. The van der Waals surface area contributed by atoms with Crippen LogP contribution in [0.25, 0.3) is 0 Å². The smallest absolute Gasteiger partial charge is 0.0963 e. The van der Waals surface area contributed by atoms with Gasteiger partial charge in [-0.2, -0.15) is 0 Å². The van der Waals surface area contributed by atoms with E-state index in [9.17, 15) is 0 Å². The molecule has 4 heteroatoms. The third-order valence-electron chi connectivity index (χ3n) is 2.56. The number of rotatable bonds is 3. The molecule has 0 radical (unpaired) electrons.